The first-order chi connectivity index (χ1) is 15.1. The zero-order valence-electron chi connectivity index (χ0n) is 17.7. The molecular formula is C23H30N4O4. The molecule has 1 spiro atoms. The van der Waals surface area contributed by atoms with E-state index in [0.29, 0.717) is 31.1 Å². The average molecular weight is 427 g/mol. The van der Waals surface area contributed by atoms with Gasteiger partial charge in [-0.1, -0.05) is 12.1 Å². The molecule has 8 nitrogen and oxygen atoms in total. The molecule has 1 aromatic carbocycles. The summed E-state index contributed by atoms with van der Waals surface area (Å²) >= 11 is 0. The summed E-state index contributed by atoms with van der Waals surface area (Å²) < 4.78 is 6.27. The molecular weight excluding hydrogens is 396 g/mol. The van der Waals surface area contributed by atoms with Crippen molar-refractivity contribution in [2.45, 2.75) is 69.3 Å². The highest BCUT2D eigenvalue weighted by Crippen LogP contribution is 2.34. The van der Waals surface area contributed by atoms with E-state index >= 15 is 0 Å². The highest BCUT2D eigenvalue weighted by Gasteiger charge is 2.43. The number of carbonyl (C=O) groups is 3. The number of amides is 3. The Bertz CT molecular complexity index is 887. The topological polar surface area (TPSA) is 99.8 Å². The lowest BCUT2D eigenvalue weighted by Crippen LogP contribution is -2.59. The molecule has 4 aliphatic rings. The molecule has 0 bridgehead atoms. The van der Waals surface area contributed by atoms with Crippen molar-refractivity contribution in [3.05, 3.63) is 34.9 Å². The highest BCUT2D eigenvalue weighted by atomic mass is 16.5. The number of benzene rings is 1. The number of rotatable bonds is 4. The molecule has 166 valence electrons. The molecule has 3 amide bonds. The predicted molar refractivity (Wildman–Crippen MR) is 113 cm³/mol. The van der Waals surface area contributed by atoms with E-state index in [-0.39, 0.29) is 29.7 Å². The van der Waals surface area contributed by atoms with Crippen LogP contribution >= 0.6 is 0 Å². The molecule has 2 atom stereocenters. The summed E-state index contributed by atoms with van der Waals surface area (Å²) in [7, 11) is 0. The Morgan fingerprint density at radius 1 is 1.16 bits per heavy atom. The molecule has 3 fully saturated rings. The van der Waals surface area contributed by atoms with Crippen LogP contribution in [0.4, 0.5) is 0 Å². The number of nitrogens with one attached hydrogen (secondary N) is 3. The molecule has 0 aromatic heterocycles. The second kappa shape index (κ2) is 8.33. The Kier molecular flexibility index (Phi) is 5.54. The van der Waals surface area contributed by atoms with Gasteiger partial charge in [0.2, 0.25) is 11.8 Å². The van der Waals surface area contributed by atoms with Crippen LogP contribution in [-0.2, 0) is 27.4 Å². The van der Waals surface area contributed by atoms with Gasteiger partial charge in [-0.2, -0.15) is 0 Å². The number of piperidine rings is 2. The maximum absolute atomic E-state index is 13.0. The van der Waals surface area contributed by atoms with Gasteiger partial charge in [0.25, 0.3) is 5.91 Å². The van der Waals surface area contributed by atoms with Gasteiger partial charge < -0.3 is 20.3 Å². The SMILES string of the molecule is O=C1CCC(N2Cc3ccc(CNC4CCCOC45CCNCC5)cc3C2=O)C(=O)N1. The molecule has 4 aliphatic heterocycles. The van der Waals surface area contributed by atoms with Gasteiger partial charge in [-0.3, -0.25) is 19.7 Å². The van der Waals surface area contributed by atoms with Crippen molar-refractivity contribution < 1.29 is 19.1 Å². The standard InChI is InChI=1S/C23H30N4O4/c28-20-6-5-18(21(29)26-20)27-14-16-4-3-15(12-17(16)22(27)30)13-25-19-2-1-11-31-23(19)7-9-24-10-8-23/h3-4,12,18-19,24-25H,1-2,5-11,13-14H2,(H,26,28,29). The fourth-order valence-corrected chi connectivity index (χ4v) is 5.51. The van der Waals surface area contributed by atoms with Gasteiger partial charge >= 0.3 is 0 Å². The number of imide groups is 1. The molecule has 5 rings (SSSR count). The van der Waals surface area contributed by atoms with Crippen LogP contribution in [0.25, 0.3) is 0 Å². The third kappa shape index (κ3) is 3.88. The monoisotopic (exact) mass is 426 g/mol. The maximum Gasteiger partial charge on any atom is 0.255 e. The molecule has 3 N–H and O–H groups in total. The zero-order chi connectivity index (χ0) is 21.4. The van der Waals surface area contributed by atoms with Gasteiger partial charge in [0.1, 0.15) is 6.04 Å². The van der Waals surface area contributed by atoms with Crippen molar-refractivity contribution in [2.24, 2.45) is 0 Å². The Morgan fingerprint density at radius 3 is 2.81 bits per heavy atom. The van der Waals surface area contributed by atoms with E-state index in [1.165, 1.54) is 0 Å². The summed E-state index contributed by atoms with van der Waals surface area (Å²) in [6.45, 7) is 3.91. The molecule has 8 heteroatoms. The van der Waals surface area contributed by atoms with E-state index in [2.05, 4.69) is 22.0 Å². The molecule has 3 saturated heterocycles. The molecule has 2 unspecified atom stereocenters. The fraction of sp³-hybridized carbons (Fsp3) is 0.609. The van der Waals surface area contributed by atoms with Gasteiger partial charge in [0.15, 0.2) is 0 Å². The highest BCUT2D eigenvalue weighted by molar-refractivity contribution is 6.05. The maximum atomic E-state index is 13.0. The summed E-state index contributed by atoms with van der Waals surface area (Å²) in [6.07, 6.45) is 4.87. The quantitative estimate of drug-likeness (QED) is 0.617. The van der Waals surface area contributed by atoms with Crippen LogP contribution in [0.5, 0.6) is 0 Å². The van der Waals surface area contributed by atoms with E-state index in [0.717, 1.165) is 56.5 Å². The Balaban J connectivity index is 1.26. The molecule has 0 radical (unpaired) electrons. The second-order valence-electron chi connectivity index (χ2n) is 9.13. The summed E-state index contributed by atoms with van der Waals surface area (Å²) in [5, 5.41) is 9.49. The van der Waals surface area contributed by atoms with E-state index in [9.17, 15) is 14.4 Å². The van der Waals surface area contributed by atoms with Crippen molar-refractivity contribution in [1.29, 1.82) is 0 Å². The molecule has 1 aromatic rings. The number of fused-ring (bicyclic) bond motifs is 1. The van der Waals surface area contributed by atoms with Gasteiger partial charge in [-0.25, -0.2) is 0 Å². The van der Waals surface area contributed by atoms with E-state index in [1.54, 1.807) is 4.90 Å². The normalized spacial score (nSPS) is 28.0. The first-order valence-electron chi connectivity index (χ1n) is 11.4. The Morgan fingerprint density at radius 2 is 2.00 bits per heavy atom. The lowest BCUT2D eigenvalue weighted by molar-refractivity contribution is -0.136. The van der Waals surface area contributed by atoms with Gasteiger partial charge in [-0.15, -0.1) is 0 Å². The fourth-order valence-electron chi connectivity index (χ4n) is 5.51. The van der Waals surface area contributed by atoms with Crippen molar-refractivity contribution in [2.75, 3.05) is 19.7 Å². The number of hydrogen-bond acceptors (Lipinski definition) is 6. The molecule has 31 heavy (non-hydrogen) atoms. The largest absolute Gasteiger partial charge is 0.373 e. The average Bonchev–Trinajstić information content (AvgIpc) is 3.10. The zero-order valence-corrected chi connectivity index (χ0v) is 17.7. The van der Waals surface area contributed by atoms with Crippen molar-refractivity contribution in [3.8, 4) is 0 Å². The minimum atomic E-state index is -0.571. The van der Waals surface area contributed by atoms with Gasteiger partial charge in [-0.05, 0) is 62.4 Å². The van der Waals surface area contributed by atoms with Gasteiger partial charge in [0.05, 0.1) is 5.60 Å². The number of ether oxygens (including phenoxy) is 1. The predicted octanol–water partition coefficient (Wildman–Crippen LogP) is 0.838. The lowest BCUT2D eigenvalue weighted by atomic mass is 9.80. The van der Waals surface area contributed by atoms with Crippen LogP contribution in [-0.4, -0.2) is 60.0 Å². The third-order valence-electron chi connectivity index (χ3n) is 7.26. The summed E-state index contributed by atoms with van der Waals surface area (Å²) in [6, 6.07) is 5.75. The van der Waals surface area contributed by atoms with Crippen molar-refractivity contribution in [3.63, 3.8) is 0 Å². The first kappa shape index (κ1) is 20.6. The third-order valence-corrected chi connectivity index (χ3v) is 7.26. The Labute approximate surface area is 182 Å². The first-order valence-corrected chi connectivity index (χ1v) is 11.4. The Hall–Kier alpha value is -2.29. The van der Waals surface area contributed by atoms with E-state index < -0.39 is 6.04 Å². The number of hydrogen-bond donors (Lipinski definition) is 3. The smallest absolute Gasteiger partial charge is 0.255 e. The minimum absolute atomic E-state index is 0.0847. The van der Waals surface area contributed by atoms with Crippen molar-refractivity contribution in [1.82, 2.24) is 20.9 Å². The molecule has 0 aliphatic carbocycles. The molecule has 0 saturated carbocycles. The van der Waals surface area contributed by atoms with Crippen LogP contribution in [0.3, 0.4) is 0 Å². The van der Waals surface area contributed by atoms with Crippen LogP contribution in [0, 0.1) is 0 Å². The van der Waals surface area contributed by atoms with Crippen molar-refractivity contribution >= 4 is 17.7 Å². The van der Waals surface area contributed by atoms with E-state index in [1.807, 2.05) is 12.1 Å². The summed E-state index contributed by atoms with van der Waals surface area (Å²) in [5.41, 5.74) is 2.58. The number of nitrogens with zero attached hydrogens (tertiary/aromatic N) is 1. The van der Waals surface area contributed by atoms with Crippen LogP contribution in [0.2, 0.25) is 0 Å². The second-order valence-corrected chi connectivity index (χ2v) is 9.13. The summed E-state index contributed by atoms with van der Waals surface area (Å²) in [5.74, 6) is -0.761. The van der Waals surface area contributed by atoms with Gasteiger partial charge in [0, 0.05) is 37.7 Å². The van der Waals surface area contributed by atoms with Crippen LogP contribution < -0.4 is 16.0 Å². The minimum Gasteiger partial charge on any atom is -0.373 e. The molecule has 4 heterocycles. The van der Waals surface area contributed by atoms with Crippen LogP contribution in [0.1, 0.15) is 60.0 Å². The van der Waals surface area contributed by atoms with E-state index in [4.69, 9.17) is 4.74 Å². The lowest BCUT2D eigenvalue weighted by Gasteiger charge is -2.47. The van der Waals surface area contributed by atoms with Crippen LogP contribution in [0.15, 0.2) is 18.2 Å². The summed E-state index contributed by atoms with van der Waals surface area (Å²) in [4.78, 5) is 38.3. The number of carbonyl (C=O) groups excluding carboxylic acids is 3.